The van der Waals surface area contributed by atoms with Gasteiger partial charge in [0, 0.05) is 7.05 Å². The van der Waals surface area contributed by atoms with E-state index in [9.17, 15) is 9.59 Å². The van der Waals surface area contributed by atoms with Crippen molar-refractivity contribution in [1.29, 1.82) is 0 Å². The van der Waals surface area contributed by atoms with E-state index < -0.39 is 6.03 Å². The van der Waals surface area contributed by atoms with Crippen molar-refractivity contribution in [1.82, 2.24) is 9.97 Å². The van der Waals surface area contributed by atoms with Crippen LogP contribution in [0.1, 0.15) is 0 Å². The molecule has 1 aromatic heterocycles. The van der Waals surface area contributed by atoms with Crippen LogP contribution < -0.4 is 21.9 Å². The predicted octanol–water partition coefficient (Wildman–Crippen LogP) is -0.698. The van der Waals surface area contributed by atoms with Crippen LogP contribution in [-0.2, 0) is 0 Å². The summed E-state index contributed by atoms with van der Waals surface area (Å²) < 4.78 is 0. The molecule has 0 fully saturated rings. The second kappa shape index (κ2) is 3.57. The average molecular weight is 183 g/mol. The van der Waals surface area contributed by atoms with Crippen molar-refractivity contribution in [3.8, 4) is 0 Å². The van der Waals surface area contributed by atoms with E-state index in [2.05, 4.69) is 20.6 Å². The summed E-state index contributed by atoms with van der Waals surface area (Å²) in [6, 6.07) is -0.777. The fourth-order valence-corrected chi connectivity index (χ4v) is 0.753. The molecule has 0 aromatic carbocycles. The number of aromatic amines is 1. The summed E-state index contributed by atoms with van der Waals surface area (Å²) >= 11 is 0. The highest BCUT2D eigenvalue weighted by Crippen LogP contribution is 1.97. The molecular formula is C6H9N5O2. The fourth-order valence-electron chi connectivity index (χ4n) is 0.753. The number of nitrogens with one attached hydrogen (secondary N) is 3. The number of amides is 2. The molecule has 0 saturated carbocycles. The van der Waals surface area contributed by atoms with Crippen molar-refractivity contribution >= 4 is 17.7 Å². The first-order chi connectivity index (χ1) is 6.13. The summed E-state index contributed by atoms with van der Waals surface area (Å²) in [6.45, 7) is 0. The molecule has 0 atom stereocenters. The number of hydrogen-bond acceptors (Lipinski definition) is 4. The van der Waals surface area contributed by atoms with Crippen molar-refractivity contribution < 1.29 is 4.79 Å². The van der Waals surface area contributed by atoms with Gasteiger partial charge in [0.15, 0.2) is 0 Å². The van der Waals surface area contributed by atoms with E-state index in [1.807, 2.05) is 0 Å². The van der Waals surface area contributed by atoms with Gasteiger partial charge in [-0.15, -0.1) is 0 Å². The first kappa shape index (κ1) is 9.04. The third-order valence-corrected chi connectivity index (χ3v) is 1.31. The average Bonchev–Trinajstić information content (AvgIpc) is 2.03. The molecule has 13 heavy (non-hydrogen) atoms. The first-order valence-corrected chi connectivity index (χ1v) is 3.47. The zero-order valence-corrected chi connectivity index (χ0v) is 6.92. The van der Waals surface area contributed by atoms with Crippen LogP contribution in [0, 0.1) is 0 Å². The lowest BCUT2D eigenvalue weighted by molar-refractivity contribution is 0.259. The van der Waals surface area contributed by atoms with Crippen LogP contribution in [0.15, 0.2) is 11.0 Å². The monoisotopic (exact) mass is 183 g/mol. The van der Waals surface area contributed by atoms with Gasteiger partial charge in [-0.1, -0.05) is 0 Å². The first-order valence-electron chi connectivity index (χ1n) is 3.47. The van der Waals surface area contributed by atoms with Gasteiger partial charge in [0.2, 0.25) is 5.95 Å². The molecule has 7 heteroatoms. The molecule has 70 valence electrons. The van der Waals surface area contributed by atoms with Crippen molar-refractivity contribution in [3.63, 3.8) is 0 Å². The van der Waals surface area contributed by atoms with Crippen LogP contribution in [0.5, 0.6) is 0 Å². The van der Waals surface area contributed by atoms with Gasteiger partial charge in [-0.3, -0.25) is 15.1 Å². The van der Waals surface area contributed by atoms with E-state index >= 15 is 0 Å². The molecule has 5 N–H and O–H groups in total. The van der Waals surface area contributed by atoms with Crippen LogP contribution >= 0.6 is 0 Å². The third-order valence-electron chi connectivity index (χ3n) is 1.31. The molecule has 1 rings (SSSR count). The zero-order chi connectivity index (χ0) is 9.84. The SMILES string of the molecule is CNc1cnc(NC(N)=O)[nH]c1=O. The lowest BCUT2D eigenvalue weighted by Crippen LogP contribution is -2.23. The van der Waals surface area contributed by atoms with E-state index in [-0.39, 0.29) is 11.5 Å². The normalized spacial score (nSPS) is 9.31. The highest BCUT2D eigenvalue weighted by molar-refractivity contribution is 5.85. The molecule has 0 unspecified atom stereocenters. The van der Waals surface area contributed by atoms with Crippen LogP contribution in [0.4, 0.5) is 16.4 Å². The van der Waals surface area contributed by atoms with Crippen molar-refractivity contribution in [2.45, 2.75) is 0 Å². The minimum atomic E-state index is -0.777. The highest BCUT2D eigenvalue weighted by atomic mass is 16.2. The van der Waals surface area contributed by atoms with Crippen molar-refractivity contribution in [2.75, 3.05) is 17.7 Å². The maximum absolute atomic E-state index is 11.1. The number of carbonyl (C=O) groups is 1. The Hall–Kier alpha value is -2.05. The minimum absolute atomic E-state index is 0.0245. The summed E-state index contributed by atoms with van der Waals surface area (Å²) in [6.07, 6.45) is 1.30. The van der Waals surface area contributed by atoms with Gasteiger partial charge < -0.3 is 11.1 Å². The molecule has 0 radical (unpaired) electrons. The van der Waals surface area contributed by atoms with E-state index in [0.717, 1.165) is 0 Å². The smallest absolute Gasteiger partial charge is 0.318 e. The number of anilines is 2. The van der Waals surface area contributed by atoms with Crippen LogP contribution in [0.2, 0.25) is 0 Å². The zero-order valence-electron chi connectivity index (χ0n) is 6.92. The molecule has 0 aliphatic rings. The number of rotatable bonds is 2. The molecule has 7 nitrogen and oxygen atoms in total. The maximum Gasteiger partial charge on any atom is 0.318 e. The van der Waals surface area contributed by atoms with Gasteiger partial charge in [0.1, 0.15) is 5.69 Å². The lowest BCUT2D eigenvalue weighted by Gasteiger charge is -2.01. The van der Waals surface area contributed by atoms with Gasteiger partial charge in [-0.25, -0.2) is 9.78 Å². The molecule has 1 aromatic rings. The topological polar surface area (TPSA) is 113 Å². The second-order valence-electron chi connectivity index (χ2n) is 2.21. The van der Waals surface area contributed by atoms with Gasteiger partial charge in [0.05, 0.1) is 6.20 Å². The molecular weight excluding hydrogens is 174 g/mol. The molecule has 0 aliphatic heterocycles. The number of carbonyl (C=O) groups excluding carboxylic acids is 1. The lowest BCUT2D eigenvalue weighted by atomic mass is 10.5. The van der Waals surface area contributed by atoms with Gasteiger partial charge >= 0.3 is 6.03 Å². The largest absolute Gasteiger partial charge is 0.382 e. The number of urea groups is 1. The van der Waals surface area contributed by atoms with Gasteiger partial charge in [-0.05, 0) is 0 Å². The molecule has 1 heterocycles. The fraction of sp³-hybridized carbons (Fsp3) is 0.167. The quantitative estimate of drug-likeness (QED) is 0.485. The molecule has 0 spiro atoms. The number of nitrogens with two attached hydrogens (primary N) is 1. The third kappa shape index (κ3) is 2.19. The number of hydrogen-bond donors (Lipinski definition) is 4. The standard InChI is InChI=1S/C6H9N5O2/c1-8-3-2-9-6(10-4(3)12)11-5(7)13/h2,8H,1H3,(H4,7,9,10,11,12,13). The number of nitrogens with zero attached hydrogens (tertiary/aromatic N) is 1. The Labute approximate surface area is 73.4 Å². The second-order valence-corrected chi connectivity index (χ2v) is 2.21. The summed E-state index contributed by atoms with van der Waals surface area (Å²) in [4.78, 5) is 27.5. The highest BCUT2D eigenvalue weighted by Gasteiger charge is 2.01. The number of aromatic nitrogens is 2. The number of primary amides is 1. The van der Waals surface area contributed by atoms with E-state index in [1.165, 1.54) is 6.20 Å². The Bertz CT molecular complexity index is 372. The Balaban J connectivity index is 2.96. The number of H-pyrrole nitrogens is 1. The van der Waals surface area contributed by atoms with Crippen molar-refractivity contribution in [2.24, 2.45) is 5.73 Å². The maximum atomic E-state index is 11.1. The molecule has 0 saturated heterocycles. The summed E-state index contributed by atoms with van der Waals surface area (Å²) in [5, 5.41) is 4.77. The molecule has 2 amide bonds. The van der Waals surface area contributed by atoms with Gasteiger partial charge in [-0.2, -0.15) is 0 Å². The summed E-state index contributed by atoms with van der Waals surface area (Å²) in [5.74, 6) is 0.0245. The summed E-state index contributed by atoms with van der Waals surface area (Å²) in [5.41, 5.74) is 4.76. The Morgan fingerprint density at radius 2 is 2.38 bits per heavy atom. The Kier molecular flexibility index (Phi) is 2.48. The Morgan fingerprint density at radius 1 is 1.69 bits per heavy atom. The van der Waals surface area contributed by atoms with E-state index in [1.54, 1.807) is 7.05 Å². The minimum Gasteiger partial charge on any atom is -0.382 e. The van der Waals surface area contributed by atoms with Crippen LogP contribution in [-0.4, -0.2) is 23.0 Å². The molecule has 0 bridgehead atoms. The van der Waals surface area contributed by atoms with Crippen LogP contribution in [0.25, 0.3) is 0 Å². The van der Waals surface area contributed by atoms with Crippen LogP contribution in [0.3, 0.4) is 0 Å². The summed E-state index contributed by atoms with van der Waals surface area (Å²) in [7, 11) is 1.59. The van der Waals surface area contributed by atoms with Crippen molar-refractivity contribution in [3.05, 3.63) is 16.6 Å². The predicted molar refractivity (Wildman–Crippen MR) is 47.6 cm³/mol. The van der Waals surface area contributed by atoms with Gasteiger partial charge in [0.25, 0.3) is 5.56 Å². The van der Waals surface area contributed by atoms with E-state index in [0.29, 0.717) is 5.69 Å². The van der Waals surface area contributed by atoms with E-state index in [4.69, 9.17) is 5.73 Å². The Morgan fingerprint density at radius 3 is 2.85 bits per heavy atom. The molecule has 0 aliphatic carbocycles.